The SMILES string of the molecule is CC1(F)CC(NC(=O)c2ccccn2)CC2(CCNC2=O)C1. The lowest BCUT2D eigenvalue weighted by molar-refractivity contribution is -0.133. The van der Waals surface area contributed by atoms with Crippen molar-refractivity contribution in [3.05, 3.63) is 30.1 Å². The first-order chi connectivity index (χ1) is 10.4. The second kappa shape index (κ2) is 5.34. The van der Waals surface area contributed by atoms with E-state index in [9.17, 15) is 14.0 Å². The summed E-state index contributed by atoms with van der Waals surface area (Å²) >= 11 is 0. The van der Waals surface area contributed by atoms with Gasteiger partial charge in [0.25, 0.3) is 5.91 Å². The first kappa shape index (κ1) is 14.9. The van der Waals surface area contributed by atoms with Crippen molar-refractivity contribution < 1.29 is 14.0 Å². The number of nitrogens with one attached hydrogen (secondary N) is 2. The van der Waals surface area contributed by atoms with Crippen molar-refractivity contribution in [2.24, 2.45) is 5.41 Å². The van der Waals surface area contributed by atoms with E-state index in [2.05, 4.69) is 15.6 Å². The maximum atomic E-state index is 14.7. The quantitative estimate of drug-likeness (QED) is 0.872. The Bertz CT molecular complexity index is 590. The second-order valence-electron chi connectivity index (χ2n) is 6.67. The zero-order chi connectivity index (χ0) is 15.8. The molecule has 3 atom stereocenters. The highest BCUT2D eigenvalue weighted by Crippen LogP contribution is 2.47. The number of hydrogen-bond acceptors (Lipinski definition) is 3. The number of aromatic nitrogens is 1. The van der Waals surface area contributed by atoms with Gasteiger partial charge in [-0.05, 0) is 38.3 Å². The summed E-state index contributed by atoms with van der Waals surface area (Å²) < 4.78 is 14.7. The molecule has 1 aromatic rings. The molecule has 1 aliphatic carbocycles. The van der Waals surface area contributed by atoms with Gasteiger partial charge in [-0.1, -0.05) is 6.07 Å². The molecule has 1 saturated carbocycles. The number of alkyl halides is 1. The Morgan fingerprint density at radius 1 is 1.45 bits per heavy atom. The lowest BCUT2D eigenvalue weighted by Crippen LogP contribution is -2.52. The van der Waals surface area contributed by atoms with Crippen LogP contribution in [0.4, 0.5) is 4.39 Å². The number of carbonyl (C=O) groups excluding carboxylic acids is 2. The van der Waals surface area contributed by atoms with E-state index >= 15 is 0 Å². The van der Waals surface area contributed by atoms with E-state index in [-0.39, 0.29) is 30.7 Å². The number of hydrogen-bond donors (Lipinski definition) is 2. The fourth-order valence-electron chi connectivity index (χ4n) is 3.85. The third-order valence-electron chi connectivity index (χ3n) is 4.62. The van der Waals surface area contributed by atoms with E-state index in [0.29, 0.717) is 25.1 Å². The van der Waals surface area contributed by atoms with Crippen molar-refractivity contribution in [2.75, 3.05) is 6.54 Å². The fraction of sp³-hybridized carbons (Fsp3) is 0.562. The first-order valence-corrected chi connectivity index (χ1v) is 7.59. The first-order valence-electron chi connectivity index (χ1n) is 7.59. The molecule has 3 unspecified atom stereocenters. The van der Waals surface area contributed by atoms with Crippen LogP contribution in [0.3, 0.4) is 0 Å². The summed E-state index contributed by atoms with van der Waals surface area (Å²) in [6.45, 7) is 2.09. The molecule has 1 spiro atoms. The lowest BCUT2D eigenvalue weighted by Gasteiger charge is -2.42. The molecule has 0 radical (unpaired) electrons. The summed E-state index contributed by atoms with van der Waals surface area (Å²) in [5, 5.41) is 5.63. The topological polar surface area (TPSA) is 71.1 Å². The molecule has 2 amide bonds. The van der Waals surface area contributed by atoms with Gasteiger partial charge in [0.05, 0.1) is 5.41 Å². The molecule has 3 rings (SSSR count). The van der Waals surface area contributed by atoms with E-state index < -0.39 is 11.1 Å². The molecule has 1 aliphatic heterocycles. The van der Waals surface area contributed by atoms with Gasteiger partial charge in [-0.2, -0.15) is 0 Å². The van der Waals surface area contributed by atoms with Crippen LogP contribution in [0.2, 0.25) is 0 Å². The highest BCUT2D eigenvalue weighted by atomic mass is 19.1. The third-order valence-corrected chi connectivity index (χ3v) is 4.62. The molecule has 22 heavy (non-hydrogen) atoms. The minimum atomic E-state index is -1.46. The van der Waals surface area contributed by atoms with E-state index in [1.54, 1.807) is 24.4 Å². The number of nitrogens with zero attached hydrogens (tertiary/aromatic N) is 1. The summed E-state index contributed by atoms with van der Waals surface area (Å²) in [6, 6.07) is 4.72. The van der Waals surface area contributed by atoms with Gasteiger partial charge in [0.2, 0.25) is 5.91 Å². The Labute approximate surface area is 128 Å². The Kier molecular flexibility index (Phi) is 3.62. The van der Waals surface area contributed by atoms with E-state index in [1.165, 1.54) is 6.92 Å². The van der Waals surface area contributed by atoms with Crippen LogP contribution in [-0.2, 0) is 4.79 Å². The number of pyridine rings is 1. The Balaban J connectivity index is 1.76. The summed E-state index contributed by atoms with van der Waals surface area (Å²) in [4.78, 5) is 28.3. The molecule has 0 bridgehead atoms. The Morgan fingerprint density at radius 3 is 2.91 bits per heavy atom. The summed E-state index contributed by atoms with van der Waals surface area (Å²) in [7, 11) is 0. The van der Waals surface area contributed by atoms with Gasteiger partial charge in [0, 0.05) is 25.2 Å². The van der Waals surface area contributed by atoms with Crippen LogP contribution in [0.5, 0.6) is 0 Å². The monoisotopic (exact) mass is 305 g/mol. The minimum absolute atomic E-state index is 0.0897. The average Bonchev–Trinajstić information content (AvgIpc) is 2.78. The van der Waals surface area contributed by atoms with Gasteiger partial charge in [-0.3, -0.25) is 14.6 Å². The molecule has 6 heteroatoms. The van der Waals surface area contributed by atoms with Gasteiger partial charge in [-0.15, -0.1) is 0 Å². The molecule has 2 heterocycles. The van der Waals surface area contributed by atoms with Gasteiger partial charge in [0.15, 0.2) is 0 Å². The zero-order valence-electron chi connectivity index (χ0n) is 12.6. The standard InChI is InChI=1S/C16H20FN3O2/c1-15(17)8-11(9-16(10-15)5-7-19-14(16)22)20-13(21)12-4-2-3-6-18-12/h2-4,6,11H,5,7-10H2,1H3,(H,19,22)(H,20,21). The van der Waals surface area contributed by atoms with Gasteiger partial charge in [0.1, 0.15) is 11.4 Å². The van der Waals surface area contributed by atoms with Crippen molar-refractivity contribution in [2.45, 2.75) is 44.3 Å². The number of carbonyl (C=O) groups is 2. The normalized spacial score (nSPS) is 34.5. The van der Waals surface area contributed by atoms with Crippen LogP contribution in [-0.4, -0.2) is 35.1 Å². The number of amides is 2. The Morgan fingerprint density at radius 2 is 2.27 bits per heavy atom. The highest BCUT2D eigenvalue weighted by molar-refractivity contribution is 5.92. The van der Waals surface area contributed by atoms with E-state index in [4.69, 9.17) is 0 Å². The van der Waals surface area contributed by atoms with Crippen molar-refractivity contribution in [1.29, 1.82) is 0 Å². The zero-order valence-corrected chi connectivity index (χ0v) is 12.6. The lowest BCUT2D eigenvalue weighted by atomic mass is 9.66. The molecule has 5 nitrogen and oxygen atoms in total. The Hall–Kier alpha value is -1.98. The second-order valence-corrected chi connectivity index (χ2v) is 6.67. The molecular formula is C16H20FN3O2. The van der Waals surface area contributed by atoms with Crippen LogP contribution in [0, 0.1) is 5.41 Å². The van der Waals surface area contributed by atoms with Gasteiger partial charge < -0.3 is 10.6 Å². The smallest absolute Gasteiger partial charge is 0.270 e. The summed E-state index contributed by atoms with van der Waals surface area (Å²) in [6.07, 6.45) is 3.10. The van der Waals surface area contributed by atoms with Crippen LogP contribution in [0.25, 0.3) is 0 Å². The van der Waals surface area contributed by atoms with Crippen molar-refractivity contribution >= 4 is 11.8 Å². The van der Waals surface area contributed by atoms with Crippen molar-refractivity contribution in [1.82, 2.24) is 15.6 Å². The van der Waals surface area contributed by atoms with Gasteiger partial charge in [-0.25, -0.2) is 4.39 Å². The van der Waals surface area contributed by atoms with Crippen LogP contribution >= 0.6 is 0 Å². The molecule has 1 saturated heterocycles. The molecule has 2 aliphatic rings. The molecular weight excluding hydrogens is 285 g/mol. The fourth-order valence-corrected chi connectivity index (χ4v) is 3.85. The molecule has 2 N–H and O–H groups in total. The average molecular weight is 305 g/mol. The van der Waals surface area contributed by atoms with Crippen molar-refractivity contribution in [3.8, 4) is 0 Å². The summed E-state index contributed by atoms with van der Waals surface area (Å²) in [5.41, 5.74) is -1.84. The molecule has 118 valence electrons. The number of rotatable bonds is 2. The van der Waals surface area contributed by atoms with Crippen molar-refractivity contribution in [3.63, 3.8) is 0 Å². The molecule has 2 fully saturated rings. The summed E-state index contributed by atoms with van der Waals surface area (Å²) in [5.74, 6) is -0.412. The predicted octanol–water partition coefficient (Wildman–Crippen LogP) is 1.60. The van der Waals surface area contributed by atoms with E-state index in [0.717, 1.165) is 0 Å². The largest absolute Gasteiger partial charge is 0.356 e. The minimum Gasteiger partial charge on any atom is -0.356 e. The van der Waals surface area contributed by atoms with E-state index in [1.807, 2.05) is 0 Å². The predicted molar refractivity (Wildman–Crippen MR) is 78.9 cm³/mol. The number of halogens is 1. The molecule has 0 aromatic carbocycles. The van der Waals surface area contributed by atoms with Crippen LogP contribution in [0.1, 0.15) is 43.1 Å². The van der Waals surface area contributed by atoms with Gasteiger partial charge >= 0.3 is 0 Å². The van der Waals surface area contributed by atoms with Crippen LogP contribution in [0.15, 0.2) is 24.4 Å². The maximum absolute atomic E-state index is 14.7. The third kappa shape index (κ3) is 2.82. The highest BCUT2D eigenvalue weighted by Gasteiger charge is 2.53. The molecule has 1 aromatic heterocycles. The maximum Gasteiger partial charge on any atom is 0.270 e. The van der Waals surface area contributed by atoms with Crippen LogP contribution < -0.4 is 10.6 Å².